The molecule has 68 valence electrons. The Labute approximate surface area is 72.6 Å². The van der Waals surface area contributed by atoms with Crippen LogP contribution in [0.15, 0.2) is 17.1 Å². The first-order chi connectivity index (χ1) is 6.02. The van der Waals surface area contributed by atoms with Gasteiger partial charge in [0.15, 0.2) is 0 Å². The number of aromatic carboxylic acids is 1. The monoisotopic (exact) mass is 183 g/mol. The SMILES string of the molecule is O=C(O)c1cc(B(O)O)c[nH]c1=O. The van der Waals surface area contributed by atoms with Gasteiger partial charge < -0.3 is 20.1 Å². The molecule has 6 nitrogen and oxygen atoms in total. The van der Waals surface area contributed by atoms with Crippen molar-refractivity contribution in [2.24, 2.45) is 0 Å². The Bertz CT molecular complexity index is 385. The molecule has 0 fully saturated rings. The molecule has 0 saturated heterocycles. The fourth-order valence-electron chi connectivity index (χ4n) is 0.808. The number of carbonyl (C=O) groups is 1. The smallest absolute Gasteiger partial charge is 0.477 e. The predicted octanol–water partition coefficient (Wildman–Crippen LogP) is -2.25. The summed E-state index contributed by atoms with van der Waals surface area (Å²) in [5.74, 6) is -1.41. The van der Waals surface area contributed by atoms with Crippen molar-refractivity contribution in [3.63, 3.8) is 0 Å². The van der Waals surface area contributed by atoms with Crippen LogP contribution in [0.1, 0.15) is 10.4 Å². The third kappa shape index (κ3) is 1.95. The summed E-state index contributed by atoms with van der Waals surface area (Å²) in [4.78, 5) is 23.3. The molecule has 0 aromatic carbocycles. The van der Waals surface area contributed by atoms with Gasteiger partial charge in [-0.3, -0.25) is 4.79 Å². The molecule has 13 heavy (non-hydrogen) atoms. The van der Waals surface area contributed by atoms with Crippen molar-refractivity contribution in [3.8, 4) is 0 Å². The van der Waals surface area contributed by atoms with E-state index in [1.165, 1.54) is 0 Å². The number of hydrogen-bond acceptors (Lipinski definition) is 4. The van der Waals surface area contributed by atoms with E-state index in [9.17, 15) is 9.59 Å². The quantitative estimate of drug-likeness (QED) is 0.387. The van der Waals surface area contributed by atoms with E-state index in [1.54, 1.807) is 0 Å². The zero-order valence-electron chi connectivity index (χ0n) is 6.39. The molecule has 0 aliphatic rings. The second kappa shape index (κ2) is 3.42. The van der Waals surface area contributed by atoms with Gasteiger partial charge in [-0.1, -0.05) is 0 Å². The van der Waals surface area contributed by atoms with E-state index in [0.29, 0.717) is 0 Å². The summed E-state index contributed by atoms with van der Waals surface area (Å²) in [6.07, 6.45) is 1.04. The van der Waals surface area contributed by atoms with Crippen LogP contribution in [0.25, 0.3) is 0 Å². The van der Waals surface area contributed by atoms with Gasteiger partial charge in [0.1, 0.15) is 5.56 Å². The van der Waals surface area contributed by atoms with Gasteiger partial charge in [0, 0.05) is 6.20 Å². The van der Waals surface area contributed by atoms with Crippen LogP contribution in [0.3, 0.4) is 0 Å². The van der Waals surface area contributed by atoms with E-state index < -0.39 is 24.2 Å². The lowest BCUT2D eigenvalue weighted by atomic mass is 9.81. The van der Waals surface area contributed by atoms with Gasteiger partial charge in [0.25, 0.3) is 5.56 Å². The maximum absolute atomic E-state index is 10.8. The van der Waals surface area contributed by atoms with Gasteiger partial charge in [-0.2, -0.15) is 0 Å². The van der Waals surface area contributed by atoms with Gasteiger partial charge in [-0.15, -0.1) is 0 Å². The minimum atomic E-state index is -1.80. The topological polar surface area (TPSA) is 111 Å². The van der Waals surface area contributed by atoms with Crippen LogP contribution in [-0.4, -0.2) is 33.2 Å². The van der Waals surface area contributed by atoms with Crippen LogP contribution < -0.4 is 11.0 Å². The maximum atomic E-state index is 10.8. The van der Waals surface area contributed by atoms with Crippen LogP contribution in [-0.2, 0) is 0 Å². The minimum Gasteiger partial charge on any atom is -0.477 e. The Morgan fingerprint density at radius 1 is 1.46 bits per heavy atom. The molecule has 0 atom stereocenters. The van der Waals surface area contributed by atoms with Crippen LogP contribution >= 0.6 is 0 Å². The highest BCUT2D eigenvalue weighted by Crippen LogP contribution is 1.87. The molecule has 7 heteroatoms. The fraction of sp³-hybridized carbons (Fsp3) is 0. The molecule has 0 radical (unpaired) electrons. The van der Waals surface area contributed by atoms with Crippen molar-refractivity contribution in [2.45, 2.75) is 0 Å². The molecule has 0 bridgehead atoms. The number of carboxylic acid groups (broad SMARTS) is 1. The normalized spacial score (nSPS) is 9.69. The molecule has 0 aliphatic heterocycles. The molecule has 1 aromatic heterocycles. The Balaban J connectivity index is 3.27. The molecule has 0 unspecified atom stereocenters. The third-order valence-corrected chi connectivity index (χ3v) is 1.45. The van der Waals surface area contributed by atoms with Gasteiger partial charge in [0.2, 0.25) is 0 Å². The summed E-state index contributed by atoms with van der Waals surface area (Å²) in [6.45, 7) is 0. The van der Waals surface area contributed by atoms with Crippen LogP contribution in [0.5, 0.6) is 0 Å². The van der Waals surface area contributed by atoms with Crippen LogP contribution in [0.2, 0.25) is 0 Å². The Kier molecular flexibility index (Phi) is 2.50. The molecule has 0 saturated carbocycles. The first-order valence-corrected chi connectivity index (χ1v) is 3.34. The van der Waals surface area contributed by atoms with Crippen LogP contribution in [0.4, 0.5) is 0 Å². The zero-order valence-corrected chi connectivity index (χ0v) is 6.39. The molecular weight excluding hydrogens is 177 g/mol. The molecular formula is C6H6BNO5. The number of pyridine rings is 1. The third-order valence-electron chi connectivity index (χ3n) is 1.45. The first-order valence-electron chi connectivity index (χ1n) is 3.34. The van der Waals surface area contributed by atoms with E-state index >= 15 is 0 Å². The number of aromatic nitrogens is 1. The van der Waals surface area contributed by atoms with Crippen molar-refractivity contribution in [1.29, 1.82) is 0 Å². The fourth-order valence-corrected chi connectivity index (χ4v) is 0.808. The van der Waals surface area contributed by atoms with Gasteiger partial charge in [-0.25, -0.2) is 4.79 Å². The molecule has 0 aliphatic carbocycles. The van der Waals surface area contributed by atoms with Crippen LogP contribution in [0, 0.1) is 0 Å². The van der Waals surface area contributed by atoms with Crippen molar-refractivity contribution < 1.29 is 19.9 Å². The van der Waals surface area contributed by atoms with Gasteiger partial charge in [0.05, 0.1) is 0 Å². The van der Waals surface area contributed by atoms with E-state index in [-0.39, 0.29) is 5.46 Å². The standard InChI is InChI=1S/C6H6BNO5/c9-5-4(6(10)11)1-3(2-8-5)7(12)13/h1-2,12-13H,(H,8,9)(H,10,11). The van der Waals surface area contributed by atoms with Gasteiger partial charge in [-0.05, 0) is 11.5 Å². The lowest BCUT2D eigenvalue weighted by molar-refractivity contribution is 0.0695. The molecule has 1 heterocycles. The predicted molar refractivity (Wildman–Crippen MR) is 43.8 cm³/mol. The molecule has 1 rings (SSSR count). The number of nitrogens with one attached hydrogen (secondary N) is 1. The highest BCUT2D eigenvalue weighted by molar-refractivity contribution is 6.58. The summed E-state index contributed by atoms with van der Waals surface area (Å²) in [6, 6.07) is 0.909. The van der Waals surface area contributed by atoms with E-state index in [4.69, 9.17) is 15.2 Å². The average Bonchev–Trinajstić information content (AvgIpc) is 2.04. The summed E-state index contributed by atoms with van der Waals surface area (Å²) < 4.78 is 0. The second-order valence-electron chi connectivity index (χ2n) is 2.35. The number of H-pyrrole nitrogens is 1. The highest BCUT2D eigenvalue weighted by atomic mass is 16.4. The largest absolute Gasteiger partial charge is 0.489 e. The summed E-state index contributed by atoms with van der Waals surface area (Å²) in [5.41, 5.74) is -1.38. The minimum absolute atomic E-state index is 0.0722. The van der Waals surface area contributed by atoms with E-state index in [2.05, 4.69) is 4.98 Å². The number of rotatable bonds is 2. The zero-order chi connectivity index (χ0) is 10.0. The first kappa shape index (κ1) is 9.49. The summed E-state index contributed by atoms with van der Waals surface area (Å²) in [5, 5.41) is 25.8. The van der Waals surface area contributed by atoms with E-state index in [1.807, 2.05) is 0 Å². The van der Waals surface area contributed by atoms with Crippen molar-refractivity contribution in [1.82, 2.24) is 4.98 Å². The number of aromatic amines is 1. The lowest BCUT2D eigenvalue weighted by Gasteiger charge is -1.99. The summed E-state index contributed by atoms with van der Waals surface area (Å²) >= 11 is 0. The second-order valence-corrected chi connectivity index (χ2v) is 2.35. The van der Waals surface area contributed by atoms with E-state index in [0.717, 1.165) is 12.3 Å². The van der Waals surface area contributed by atoms with Crippen molar-refractivity contribution >= 4 is 18.6 Å². The molecule has 0 spiro atoms. The highest BCUT2D eigenvalue weighted by Gasteiger charge is 2.15. The maximum Gasteiger partial charge on any atom is 0.489 e. The van der Waals surface area contributed by atoms with Gasteiger partial charge >= 0.3 is 13.1 Å². The molecule has 1 aromatic rings. The van der Waals surface area contributed by atoms with Crippen molar-refractivity contribution in [2.75, 3.05) is 0 Å². The molecule has 4 N–H and O–H groups in total. The Morgan fingerprint density at radius 2 is 2.08 bits per heavy atom. The number of carboxylic acids is 1. The lowest BCUT2D eigenvalue weighted by Crippen LogP contribution is -2.34. The number of hydrogen-bond donors (Lipinski definition) is 4. The average molecular weight is 183 g/mol. The molecule has 0 amide bonds. The Hall–Kier alpha value is -1.60. The summed E-state index contributed by atoms with van der Waals surface area (Å²) in [7, 11) is -1.80. The van der Waals surface area contributed by atoms with Crippen molar-refractivity contribution in [3.05, 3.63) is 28.2 Å². The Morgan fingerprint density at radius 3 is 2.54 bits per heavy atom.